The Morgan fingerprint density at radius 3 is 2.08 bits per heavy atom. The summed E-state index contributed by atoms with van der Waals surface area (Å²) in [4.78, 5) is 73.8. The Kier molecular flexibility index (Phi) is 9.50. The Labute approximate surface area is 204 Å². The fourth-order valence-corrected chi connectivity index (χ4v) is 3.34. The van der Waals surface area contributed by atoms with Gasteiger partial charge in [-0.15, -0.1) is 0 Å². The molecular formula is C22H27N5O9. The van der Waals surface area contributed by atoms with E-state index in [1.807, 2.05) is 12.1 Å². The normalized spacial score (nSPS) is 14.2. The second kappa shape index (κ2) is 12.3. The zero-order valence-corrected chi connectivity index (χ0v) is 19.2. The van der Waals surface area contributed by atoms with Crippen molar-refractivity contribution < 1.29 is 44.1 Å². The topological polar surface area (TPSA) is 241 Å². The van der Waals surface area contributed by atoms with E-state index in [0.717, 1.165) is 10.9 Å². The molecule has 14 nitrogen and oxygen atoms in total. The SMILES string of the molecule is CC(NC(=O)C(CC(=O)O)NC(=O)C(N)CC(=O)O)C(=O)NC(Cc1c[nH]c2ccccc12)C(=O)O. The number of aromatic amines is 1. The molecule has 1 aromatic heterocycles. The number of aromatic nitrogens is 1. The lowest BCUT2D eigenvalue weighted by Gasteiger charge is -2.22. The minimum atomic E-state index is -1.66. The standard InChI is InChI=1S/C22H27N5O9/c1-10(25-21(34)15(8-18(30)31)26-20(33)13(23)7-17(28)29)19(32)27-16(22(35)36)6-11-9-24-14-5-3-2-4-12(11)14/h2-5,9-10,13,15-16,24H,6-8,23H2,1H3,(H,25,34)(H,26,33)(H,27,32)(H,28,29)(H,30,31)(H,35,36). The van der Waals surface area contributed by atoms with Crippen molar-refractivity contribution in [3.8, 4) is 0 Å². The molecule has 36 heavy (non-hydrogen) atoms. The predicted molar refractivity (Wildman–Crippen MR) is 124 cm³/mol. The monoisotopic (exact) mass is 505 g/mol. The Morgan fingerprint density at radius 2 is 1.47 bits per heavy atom. The molecule has 1 aromatic carbocycles. The number of para-hydroxylation sites is 1. The van der Waals surface area contributed by atoms with Crippen LogP contribution >= 0.6 is 0 Å². The first kappa shape index (κ1) is 27.8. The minimum Gasteiger partial charge on any atom is -0.481 e. The highest BCUT2D eigenvalue weighted by Crippen LogP contribution is 2.19. The Morgan fingerprint density at radius 1 is 0.861 bits per heavy atom. The van der Waals surface area contributed by atoms with Crippen molar-refractivity contribution in [3.05, 3.63) is 36.0 Å². The number of benzene rings is 1. The van der Waals surface area contributed by atoms with E-state index >= 15 is 0 Å². The van der Waals surface area contributed by atoms with Crippen molar-refractivity contribution in [2.75, 3.05) is 0 Å². The molecule has 0 saturated heterocycles. The van der Waals surface area contributed by atoms with E-state index in [0.29, 0.717) is 5.56 Å². The maximum atomic E-state index is 12.6. The van der Waals surface area contributed by atoms with E-state index in [9.17, 15) is 33.9 Å². The van der Waals surface area contributed by atoms with Gasteiger partial charge in [-0.3, -0.25) is 24.0 Å². The van der Waals surface area contributed by atoms with Gasteiger partial charge in [-0.05, 0) is 18.6 Å². The van der Waals surface area contributed by atoms with Crippen molar-refractivity contribution in [1.29, 1.82) is 0 Å². The zero-order chi connectivity index (χ0) is 27.0. The van der Waals surface area contributed by atoms with Crippen LogP contribution in [0.3, 0.4) is 0 Å². The number of rotatable bonds is 13. The number of carboxylic acid groups (broad SMARTS) is 3. The van der Waals surface area contributed by atoms with Crippen LogP contribution in [0.15, 0.2) is 30.5 Å². The number of nitrogens with one attached hydrogen (secondary N) is 4. The molecule has 2 aromatic rings. The lowest BCUT2D eigenvalue weighted by atomic mass is 10.0. The number of carboxylic acids is 3. The zero-order valence-electron chi connectivity index (χ0n) is 19.2. The number of hydrogen-bond acceptors (Lipinski definition) is 7. The van der Waals surface area contributed by atoms with Gasteiger partial charge in [-0.2, -0.15) is 0 Å². The molecule has 0 aliphatic rings. The van der Waals surface area contributed by atoms with Gasteiger partial charge in [0.1, 0.15) is 18.1 Å². The Hall–Kier alpha value is -4.46. The van der Waals surface area contributed by atoms with E-state index in [-0.39, 0.29) is 6.42 Å². The number of aliphatic carboxylic acids is 3. The number of H-pyrrole nitrogens is 1. The summed E-state index contributed by atoms with van der Waals surface area (Å²) in [6, 6.07) is 1.37. The van der Waals surface area contributed by atoms with Crippen molar-refractivity contribution in [1.82, 2.24) is 20.9 Å². The summed E-state index contributed by atoms with van der Waals surface area (Å²) < 4.78 is 0. The summed E-state index contributed by atoms with van der Waals surface area (Å²) in [6.07, 6.45) is -0.0415. The fraction of sp³-hybridized carbons (Fsp3) is 0.364. The molecular weight excluding hydrogens is 478 g/mol. The highest BCUT2D eigenvalue weighted by atomic mass is 16.4. The summed E-state index contributed by atoms with van der Waals surface area (Å²) in [5, 5.41) is 34.7. The van der Waals surface area contributed by atoms with E-state index in [4.69, 9.17) is 15.9 Å². The van der Waals surface area contributed by atoms with Crippen molar-refractivity contribution in [2.45, 2.75) is 50.4 Å². The Bertz CT molecular complexity index is 1160. The first-order chi connectivity index (χ1) is 16.9. The number of carbonyl (C=O) groups is 6. The molecule has 0 fully saturated rings. The van der Waals surface area contributed by atoms with Crippen LogP contribution in [0, 0.1) is 0 Å². The molecule has 4 unspecified atom stereocenters. The van der Waals surface area contributed by atoms with Crippen LogP contribution in [-0.4, -0.2) is 80.1 Å². The van der Waals surface area contributed by atoms with Gasteiger partial charge >= 0.3 is 17.9 Å². The van der Waals surface area contributed by atoms with Gasteiger partial charge in [-0.1, -0.05) is 18.2 Å². The second-order valence-electron chi connectivity index (χ2n) is 8.06. The van der Waals surface area contributed by atoms with E-state index < -0.39 is 72.6 Å². The number of amides is 3. The molecule has 0 aliphatic carbocycles. The Balaban J connectivity index is 2.04. The number of hydrogen-bond donors (Lipinski definition) is 8. The third-order valence-electron chi connectivity index (χ3n) is 5.21. The summed E-state index contributed by atoms with van der Waals surface area (Å²) >= 11 is 0. The molecule has 4 atom stereocenters. The second-order valence-corrected chi connectivity index (χ2v) is 8.06. The highest BCUT2D eigenvalue weighted by Gasteiger charge is 2.30. The lowest BCUT2D eigenvalue weighted by Crippen LogP contribution is -2.57. The molecule has 2 rings (SSSR count). The van der Waals surface area contributed by atoms with Crippen molar-refractivity contribution in [3.63, 3.8) is 0 Å². The van der Waals surface area contributed by atoms with Crippen LogP contribution in [0.25, 0.3) is 10.9 Å². The first-order valence-corrected chi connectivity index (χ1v) is 10.8. The molecule has 0 aliphatic heterocycles. The lowest BCUT2D eigenvalue weighted by molar-refractivity contribution is -0.143. The van der Waals surface area contributed by atoms with Crippen LogP contribution in [-0.2, 0) is 35.2 Å². The van der Waals surface area contributed by atoms with Gasteiger partial charge in [0.2, 0.25) is 17.7 Å². The van der Waals surface area contributed by atoms with Gasteiger partial charge in [0.25, 0.3) is 0 Å². The first-order valence-electron chi connectivity index (χ1n) is 10.8. The third kappa shape index (κ3) is 7.80. The maximum Gasteiger partial charge on any atom is 0.326 e. The summed E-state index contributed by atoms with van der Waals surface area (Å²) in [5.74, 6) is -7.12. The predicted octanol–water partition coefficient (Wildman–Crippen LogP) is -1.45. The average molecular weight is 505 g/mol. The van der Waals surface area contributed by atoms with Crippen LogP contribution in [0.5, 0.6) is 0 Å². The van der Waals surface area contributed by atoms with Crippen LogP contribution in [0.4, 0.5) is 0 Å². The molecule has 3 amide bonds. The van der Waals surface area contributed by atoms with Crippen molar-refractivity contribution >= 4 is 46.5 Å². The van der Waals surface area contributed by atoms with Gasteiger partial charge < -0.3 is 42.0 Å². The molecule has 0 spiro atoms. The molecule has 194 valence electrons. The van der Waals surface area contributed by atoms with E-state index in [1.165, 1.54) is 6.92 Å². The highest BCUT2D eigenvalue weighted by molar-refractivity contribution is 5.96. The molecule has 1 heterocycles. The molecule has 0 radical (unpaired) electrons. The molecule has 9 N–H and O–H groups in total. The number of carbonyl (C=O) groups excluding carboxylic acids is 3. The largest absolute Gasteiger partial charge is 0.481 e. The quantitative estimate of drug-likeness (QED) is 0.157. The van der Waals surface area contributed by atoms with E-state index in [2.05, 4.69) is 20.9 Å². The van der Waals surface area contributed by atoms with Crippen LogP contribution in [0.2, 0.25) is 0 Å². The van der Waals surface area contributed by atoms with E-state index in [1.54, 1.807) is 18.3 Å². The minimum absolute atomic E-state index is 0.0507. The maximum absolute atomic E-state index is 12.6. The summed E-state index contributed by atoms with van der Waals surface area (Å²) in [5.41, 5.74) is 6.87. The van der Waals surface area contributed by atoms with Crippen molar-refractivity contribution in [2.24, 2.45) is 5.73 Å². The summed E-state index contributed by atoms with van der Waals surface area (Å²) in [6.45, 7) is 1.24. The number of nitrogens with two attached hydrogens (primary N) is 1. The summed E-state index contributed by atoms with van der Waals surface area (Å²) in [7, 11) is 0. The van der Waals surface area contributed by atoms with Gasteiger partial charge in [0.05, 0.1) is 18.9 Å². The molecule has 0 bridgehead atoms. The van der Waals surface area contributed by atoms with Gasteiger partial charge in [0, 0.05) is 23.5 Å². The van der Waals surface area contributed by atoms with Crippen LogP contribution < -0.4 is 21.7 Å². The smallest absolute Gasteiger partial charge is 0.326 e. The van der Waals surface area contributed by atoms with Gasteiger partial charge in [0.15, 0.2) is 0 Å². The fourth-order valence-electron chi connectivity index (χ4n) is 3.34. The van der Waals surface area contributed by atoms with Crippen LogP contribution in [0.1, 0.15) is 25.3 Å². The average Bonchev–Trinajstić information content (AvgIpc) is 3.19. The third-order valence-corrected chi connectivity index (χ3v) is 5.21. The molecule has 0 saturated carbocycles. The van der Waals surface area contributed by atoms with Gasteiger partial charge in [-0.25, -0.2) is 4.79 Å². The number of fused-ring (bicyclic) bond motifs is 1. The molecule has 14 heteroatoms.